The molecular weight excluding hydrogens is 345 g/mol. The highest BCUT2D eigenvalue weighted by Gasteiger charge is 2.28. The second kappa shape index (κ2) is 6.09. The zero-order valence-electron chi connectivity index (χ0n) is 12.4. The molecule has 2 heterocycles. The summed E-state index contributed by atoms with van der Waals surface area (Å²) in [6.45, 7) is 1.81. The van der Waals surface area contributed by atoms with E-state index in [9.17, 15) is 23.3 Å². The molecule has 0 aliphatic carbocycles. The van der Waals surface area contributed by atoms with Crippen molar-refractivity contribution in [3.63, 3.8) is 0 Å². The number of aromatic nitrogens is 1. The van der Waals surface area contributed by atoms with Gasteiger partial charge in [-0.3, -0.25) is 4.57 Å². The van der Waals surface area contributed by atoms with Crippen LogP contribution in [0.1, 0.15) is 6.42 Å². The maximum Gasteiger partial charge on any atom is 0.207 e. The minimum absolute atomic E-state index is 0.0471. The molecule has 2 aromatic rings. The molecule has 1 unspecified atom stereocenters. The molecular formula is C14H17F2N2O3PS. The van der Waals surface area contributed by atoms with Crippen LogP contribution >= 0.6 is 19.1 Å². The van der Waals surface area contributed by atoms with Gasteiger partial charge in [-0.2, -0.15) is 0 Å². The van der Waals surface area contributed by atoms with Crippen molar-refractivity contribution in [2.24, 2.45) is 0 Å². The first kappa shape index (κ1) is 16.8. The molecule has 2 atom stereocenters. The second-order valence-corrected chi connectivity index (χ2v) is 9.67. The monoisotopic (exact) mass is 362 g/mol. The number of fused-ring (bicyclic) bond motifs is 1. The summed E-state index contributed by atoms with van der Waals surface area (Å²) in [4.78, 5) is 14.1. The highest BCUT2D eigenvalue weighted by Crippen LogP contribution is 2.44. The van der Waals surface area contributed by atoms with Crippen molar-refractivity contribution in [2.45, 2.75) is 17.4 Å². The van der Waals surface area contributed by atoms with Gasteiger partial charge in [0.1, 0.15) is 5.69 Å². The van der Waals surface area contributed by atoms with E-state index in [0.29, 0.717) is 23.4 Å². The van der Waals surface area contributed by atoms with E-state index in [1.807, 2.05) is 0 Å². The summed E-state index contributed by atoms with van der Waals surface area (Å²) in [5.74, 6) is -1.40. The molecule has 0 amide bonds. The molecule has 3 N–H and O–H groups in total. The van der Waals surface area contributed by atoms with Crippen LogP contribution in [0.25, 0.3) is 10.9 Å². The summed E-state index contributed by atoms with van der Waals surface area (Å²) in [7, 11) is -3.24. The molecule has 23 heavy (non-hydrogen) atoms. The highest BCUT2D eigenvalue weighted by molar-refractivity contribution is 8.05. The van der Waals surface area contributed by atoms with E-state index in [2.05, 4.69) is 4.98 Å². The summed E-state index contributed by atoms with van der Waals surface area (Å²) < 4.78 is 40.6. The fourth-order valence-corrected chi connectivity index (χ4v) is 4.72. The first-order valence-electron chi connectivity index (χ1n) is 7.10. The van der Waals surface area contributed by atoms with E-state index in [1.165, 1.54) is 23.8 Å². The maximum atomic E-state index is 14.9. The summed E-state index contributed by atoms with van der Waals surface area (Å²) in [5.41, 5.74) is 0.100. The third kappa shape index (κ3) is 3.40. The summed E-state index contributed by atoms with van der Waals surface area (Å²) in [6.07, 6.45) is 1.38. The van der Waals surface area contributed by atoms with Gasteiger partial charge in [-0.05, 0) is 6.42 Å². The van der Waals surface area contributed by atoms with Crippen LogP contribution in [0.3, 0.4) is 0 Å². The van der Waals surface area contributed by atoms with E-state index in [4.69, 9.17) is 0 Å². The topological polar surface area (TPSA) is 76.6 Å². The fraction of sp³-hybridized carbons (Fsp3) is 0.429. The highest BCUT2D eigenvalue weighted by atomic mass is 32.2. The van der Waals surface area contributed by atoms with E-state index in [0.717, 1.165) is 11.8 Å². The largest absolute Gasteiger partial charge is 0.391 e. The molecule has 1 saturated heterocycles. The molecule has 1 fully saturated rings. The number of nitrogens with one attached hydrogen (secondary N) is 1. The van der Waals surface area contributed by atoms with Gasteiger partial charge in [0.15, 0.2) is 11.6 Å². The van der Waals surface area contributed by atoms with Crippen molar-refractivity contribution in [2.75, 3.05) is 30.1 Å². The molecule has 5 nitrogen and oxygen atoms in total. The van der Waals surface area contributed by atoms with Gasteiger partial charge < -0.3 is 19.9 Å². The SMILES string of the molecule is CP(=O)(O)CSc1c[nH]c2cc(F)c(N3CC[C@H](O)C3)c(F)c12. The minimum atomic E-state index is -3.24. The molecule has 0 spiro atoms. The Balaban J connectivity index is 2.03. The number of rotatable bonds is 4. The van der Waals surface area contributed by atoms with Crippen molar-refractivity contribution in [1.29, 1.82) is 0 Å². The minimum Gasteiger partial charge on any atom is -0.391 e. The lowest BCUT2D eigenvalue weighted by Gasteiger charge is -2.20. The van der Waals surface area contributed by atoms with Gasteiger partial charge in [0, 0.05) is 36.9 Å². The van der Waals surface area contributed by atoms with Crippen LogP contribution in [0, 0.1) is 11.6 Å². The first-order chi connectivity index (χ1) is 10.8. The third-order valence-electron chi connectivity index (χ3n) is 3.74. The Hall–Kier alpha value is -1.08. The van der Waals surface area contributed by atoms with Crippen LogP contribution in [0.4, 0.5) is 14.5 Å². The molecule has 9 heteroatoms. The molecule has 1 aromatic heterocycles. The third-order valence-corrected chi connectivity index (χ3v) is 6.80. The predicted molar refractivity (Wildman–Crippen MR) is 87.5 cm³/mol. The van der Waals surface area contributed by atoms with Crippen LogP contribution in [-0.4, -0.2) is 46.3 Å². The number of β-amino-alcohol motifs (C(OH)–C–C–N with tert-alkyl or cyclic N) is 1. The van der Waals surface area contributed by atoms with Crippen LogP contribution in [0.2, 0.25) is 0 Å². The average molecular weight is 362 g/mol. The number of aromatic amines is 1. The number of anilines is 1. The zero-order valence-corrected chi connectivity index (χ0v) is 14.1. The van der Waals surface area contributed by atoms with Gasteiger partial charge >= 0.3 is 0 Å². The number of benzene rings is 1. The number of hydrogen-bond acceptors (Lipinski definition) is 4. The van der Waals surface area contributed by atoms with Gasteiger partial charge in [0.25, 0.3) is 0 Å². The van der Waals surface area contributed by atoms with Gasteiger partial charge in [0.2, 0.25) is 7.37 Å². The van der Waals surface area contributed by atoms with Crippen LogP contribution in [-0.2, 0) is 4.57 Å². The Kier molecular flexibility index (Phi) is 4.44. The van der Waals surface area contributed by atoms with Crippen LogP contribution in [0.15, 0.2) is 17.2 Å². The molecule has 0 bridgehead atoms. The predicted octanol–water partition coefficient (Wildman–Crippen LogP) is 2.97. The zero-order chi connectivity index (χ0) is 16.8. The van der Waals surface area contributed by atoms with E-state index < -0.39 is 25.1 Å². The molecule has 1 aliphatic rings. The Morgan fingerprint density at radius 2 is 2.26 bits per heavy atom. The Morgan fingerprint density at radius 1 is 1.52 bits per heavy atom. The van der Waals surface area contributed by atoms with Crippen molar-refractivity contribution in [1.82, 2.24) is 4.98 Å². The van der Waals surface area contributed by atoms with Gasteiger partial charge in [-0.1, -0.05) is 0 Å². The van der Waals surface area contributed by atoms with E-state index in [1.54, 1.807) is 0 Å². The standard InChI is InChI=1S/C14H17F2N2O3PS/c1-22(20,21)7-23-11-5-17-10-4-9(15)14(13(16)12(10)11)18-3-2-8(19)6-18/h4-5,8,17,19H,2-3,6-7H2,1H3,(H,20,21)/t8-/m0/s1. The number of aliphatic hydroxyl groups is 1. The normalized spacial score (nSPS) is 21.1. The van der Waals surface area contributed by atoms with E-state index >= 15 is 0 Å². The summed E-state index contributed by atoms with van der Waals surface area (Å²) in [5, 5.41) is 9.80. The average Bonchev–Trinajstić information content (AvgIpc) is 3.02. The first-order valence-corrected chi connectivity index (χ1v) is 10.4. The smallest absolute Gasteiger partial charge is 0.207 e. The lowest BCUT2D eigenvalue weighted by Crippen LogP contribution is -2.23. The van der Waals surface area contributed by atoms with Gasteiger partial charge in [-0.15, -0.1) is 11.8 Å². The molecule has 0 saturated carbocycles. The summed E-state index contributed by atoms with van der Waals surface area (Å²) in [6, 6.07) is 1.22. The second-order valence-electron chi connectivity index (χ2n) is 5.81. The van der Waals surface area contributed by atoms with Crippen molar-refractivity contribution in [3.8, 4) is 0 Å². The number of H-pyrrole nitrogens is 1. The van der Waals surface area contributed by atoms with Gasteiger partial charge in [-0.25, -0.2) is 8.78 Å². The maximum absolute atomic E-state index is 14.9. The Bertz CT molecular complexity index is 792. The number of nitrogens with zero attached hydrogens (tertiary/aromatic N) is 1. The Labute approximate surface area is 136 Å². The quantitative estimate of drug-likeness (QED) is 0.576. The van der Waals surface area contributed by atoms with Crippen molar-refractivity contribution >= 4 is 35.7 Å². The van der Waals surface area contributed by atoms with E-state index in [-0.39, 0.29) is 23.1 Å². The molecule has 1 aromatic carbocycles. The van der Waals surface area contributed by atoms with Gasteiger partial charge in [0.05, 0.1) is 22.5 Å². The lowest BCUT2D eigenvalue weighted by atomic mass is 10.2. The number of thioether (sulfide) groups is 1. The van der Waals surface area contributed by atoms with Crippen LogP contribution < -0.4 is 4.90 Å². The Morgan fingerprint density at radius 3 is 2.87 bits per heavy atom. The number of hydrogen-bond donors (Lipinski definition) is 3. The summed E-state index contributed by atoms with van der Waals surface area (Å²) >= 11 is 1.06. The van der Waals surface area contributed by atoms with Crippen LogP contribution in [0.5, 0.6) is 0 Å². The van der Waals surface area contributed by atoms with Crippen molar-refractivity contribution < 1.29 is 23.3 Å². The molecule has 126 valence electrons. The lowest BCUT2D eigenvalue weighted by molar-refractivity contribution is 0.198. The fourth-order valence-electron chi connectivity index (χ4n) is 2.72. The number of halogens is 2. The molecule has 3 rings (SSSR count). The molecule has 1 aliphatic heterocycles. The molecule has 0 radical (unpaired) electrons. The number of aliphatic hydroxyl groups excluding tert-OH is 1. The van der Waals surface area contributed by atoms with Crippen molar-refractivity contribution in [3.05, 3.63) is 23.9 Å².